The molecule has 7 nitrogen and oxygen atoms in total. The van der Waals surface area contributed by atoms with Crippen molar-refractivity contribution in [3.8, 4) is 0 Å². The Morgan fingerprint density at radius 1 is 1.00 bits per heavy atom. The molecule has 0 bridgehead atoms. The standard InChI is InChI=1S/C24H31ClN4O3S/c1-19(28-15-13-27(14-16-28)18-20-5-4-6-21(25)17-20)24(30)26-22-7-9-23(10-8-22)33(31,32)29-11-2-3-12-29/h4-10,17,19H,2-3,11-16,18H2,1H3,(H,26,30)/t19-/m0/s1. The van der Waals surface area contributed by atoms with Crippen molar-refractivity contribution in [2.45, 2.75) is 37.2 Å². The summed E-state index contributed by atoms with van der Waals surface area (Å²) >= 11 is 6.09. The Bertz CT molecular complexity index is 1060. The predicted octanol–water partition coefficient (Wildman–Crippen LogP) is 3.27. The van der Waals surface area contributed by atoms with Crippen LogP contribution in [-0.4, -0.2) is 73.7 Å². The van der Waals surface area contributed by atoms with E-state index in [1.165, 1.54) is 9.87 Å². The van der Waals surface area contributed by atoms with Gasteiger partial charge in [-0.25, -0.2) is 8.42 Å². The van der Waals surface area contributed by atoms with Gasteiger partial charge in [0, 0.05) is 56.5 Å². The second-order valence-electron chi connectivity index (χ2n) is 8.74. The molecule has 1 atom stereocenters. The molecule has 4 rings (SSSR count). The number of nitrogens with zero attached hydrogens (tertiary/aromatic N) is 3. The minimum absolute atomic E-state index is 0.0894. The Morgan fingerprint density at radius 2 is 1.67 bits per heavy atom. The van der Waals surface area contributed by atoms with Crippen LogP contribution in [0.15, 0.2) is 53.4 Å². The van der Waals surface area contributed by atoms with Gasteiger partial charge in [0.15, 0.2) is 0 Å². The third-order valence-corrected chi connectivity index (χ3v) is 8.60. The number of hydrogen-bond acceptors (Lipinski definition) is 5. The fourth-order valence-electron chi connectivity index (χ4n) is 4.40. The number of hydrogen-bond donors (Lipinski definition) is 1. The van der Waals surface area contributed by atoms with Crippen molar-refractivity contribution in [2.75, 3.05) is 44.6 Å². The van der Waals surface area contributed by atoms with E-state index < -0.39 is 10.0 Å². The van der Waals surface area contributed by atoms with Crippen LogP contribution < -0.4 is 5.32 Å². The van der Waals surface area contributed by atoms with E-state index in [4.69, 9.17) is 11.6 Å². The number of rotatable bonds is 7. The summed E-state index contributed by atoms with van der Waals surface area (Å²) in [4.78, 5) is 17.6. The molecule has 0 radical (unpaired) electrons. The number of carbonyl (C=O) groups excluding carboxylic acids is 1. The molecule has 2 aliphatic heterocycles. The van der Waals surface area contributed by atoms with Crippen molar-refractivity contribution < 1.29 is 13.2 Å². The smallest absolute Gasteiger partial charge is 0.243 e. The maximum Gasteiger partial charge on any atom is 0.243 e. The van der Waals surface area contributed by atoms with E-state index in [0.717, 1.165) is 50.6 Å². The van der Waals surface area contributed by atoms with Crippen molar-refractivity contribution >= 4 is 33.2 Å². The quantitative estimate of drug-likeness (QED) is 0.645. The van der Waals surface area contributed by atoms with Crippen molar-refractivity contribution in [3.63, 3.8) is 0 Å². The highest BCUT2D eigenvalue weighted by Crippen LogP contribution is 2.22. The summed E-state index contributed by atoms with van der Waals surface area (Å²) in [5.41, 5.74) is 1.80. The molecule has 0 saturated carbocycles. The third-order valence-electron chi connectivity index (χ3n) is 6.45. The molecule has 178 valence electrons. The number of anilines is 1. The zero-order valence-electron chi connectivity index (χ0n) is 18.9. The van der Waals surface area contributed by atoms with Gasteiger partial charge in [-0.1, -0.05) is 23.7 Å². The summed E-state index contributed by atoms with van der Waals surface area (Å²) in [5, 5.41) is 3.68. The van der Waals surface area contributed by atoms with E-state index in [1.54, 1.807) is 24.3 Å². The van der Waals surface area contributed by atoms with Gasteiger partial charge in [0.2, 0.25) is 15.9 Å². The molecule has 2 aliphatic rings. The Kier molecular flexibility index (Phi) is 7.71. The molecule has 1 amide bonds. The topological polar surface area (TPSA) is 73.0 Å². The van der Waals surface area contributed by atoms with Crippen LogP contribution in [0.2, 0.25) is 5.02 Å². The van der Waals surface area contributed by atoms with Crippen LogP contribution in [0.25, 0.3) is 0 Å². The molecule has 33 heavy (non-hydrogen) atoms. The molecule has 1 N–H and O–H groups in total. The molecule has 2 fully saturated rings. The summed E-state index contributed by atoms with van der Waals surface area (Å²) in [6.45, 7) is 7.29. The summed E-state index contributed by atoms with van der Waals surface area (Å²) in [7, 11) is -3.45. The average Bonchev–Trinajstić information content (AvgIpc) is 3.36. The van der Waals surface area contributed by atoms with Crippen LogP contribution in [0.1, 0.15) is 25.3 Å². The number of sulfonamides is 1. The molecular formula is C24H31ClN4O3S. The van der Waals surface area contributed by atoms with Crippen molar-refractivity contribution in [1.29, 1.82) is 0 Å². The fraction of sp³-hybridized carbons (Fsp3) is 0.458. The molecule has 2 saturated heterocycles. The van der Waals surface area contributed by atoms with Gasteiger partial charge in [-0.2, -0.15) is 4.31 Å². The lowest BCUT2D eigenvalue weighted by molar-refractivity contribution is -0.121. The number of amides is 1. The van der Waals surface area contributed by atoms with Crippen LogP contribution in [-0.2, 0) is 21.4 Å². The maximum atomic E-state index is 12.8. The molecule has 2 aromatic rings. The van der Waals surface area contributed by atoms with E-state index in [0.29, 0.717) is 18.8 Å². The van der Waals surface area contributed by atoms with E-state index >= 15 is 0 Å². The van der Waals surface area contributed by atoms with E-state index in [9.17, 15) is 13.2 Å². The molecule has 9 heteroatoms. The zero-order valence-corrected chi connectivity index (χ0v) is 20.5. The predicted molar refractivity (Wildman–Crippen MR) is 131 cm³/mol. The summed E-state index contributed by atoms with van der Waals surface area (Å²) < 4.78 is 26.8. The highest BCUT2D eigenvalue weighted by Gasteiger charge is 2.28. The van der Waals surface area contributed by atoms with Crippen molar-refractivity contribution in [2.24, 2.45) is 0 Å². The first kappa shape index (κ1) is 24.2. The first-order valence-corrected chi connectivity index (χ1v) is 13.3. The van der Waals surface area contributed by atoms with E-state index in [2.05, 4.69) is 21.2 Å². The average molecular weight is 491 g/mol. The molecule has 2 heterocycles. The van der Waals surface area contributed by atoms with Gasteiger partial charge in [0.1, 0.15) is 0 Å². The van der Waals surface area contributed by atoms with E-state index in [1.807, 2.05) is 25.1 Å². The Morgan fingerprint density at radius 3 is 2.30 bits per heavy atom. The Labute approximate surface area is 201 Å². The number of piperazine rings is 1. The summed E-state index contributed by atoms with van der Waals surface area (Å²) in [5.74, 6) is -0.0894. The second kappa shape index (κ2) is 10.5. The van der Waals surface area contributed by atoms with Crippen molar-refractivity contribution in [3.05, 3.63) is 59.1 Å². The number of benzene rings is 2. The lowest BCUT2D eigenvalue weighted by Crippen LogP contribution is -2.52. The number of nitrogens with one attached hydrogen (secondary N) is 1. The molecule has 0 spiro atoms. The highest BCUT2D eigenvalue weighted by atomic mass is 35.5. The van der Waals surface area contributed by atoms with Crippen molar-refractivity contribution in [1.82, 2.24) is 14.1 Å². The first-order chi connectivity index (χ1) is 15.8. The van der Waals surface area contributed by atoms with Gasteiger partial charge in [-0.3, -0.25) is 14.6 Å². The van der Waals surface area contributed by atoms with Crippen LogP contribution in [0.4, 0.5) is 5.69 Å². The summed E-state index contributed by atoms with van der Waals surface area (Å²) in [6, 6.07) is 14.1. The molecule has 0 unspecified atom stereocenters. The van der Waals surface area contributed by atoms with Crippen LogP contribution in [0.5, 0.6) is 0 Å². The van der Waals surface area contributed by atoms with Gasteiger partial charge in [0.05, 0.1) is 10.9 Å². The van der Waals surface area contributed by atoms with Gasteiger partial charge in [-0.05, 0) is 61.7 Å². The molecular weight excluding hydrogens is 460 g/mol. The molecule has 0 aliphatic carbocycles. The van der Waals surface area contributed by atoms with Crippen LogP contribution >= 0.6 is 11.6 Å². The Balaban J connectivity index is 1.28. The normalized spacial score (nSPS) is 19.5. The van der Waals surface area contributed by atoms with Gasteiger partial charge >= 0.3 is 0 Å². The SMILES string of the molecule is C[C@@H](C(=O)Nc1ccc(S(=O)(=O)N2CCCC2)cc1)N1CCN(Cc2cccc(Cl)c2)CC1. The fourth-order valence-corrected chi connectivity index (χ4v) is 6.13. The first-order valence-electron chi connectivity index (χ1n) is 11.4. The molecule has 2 aromatic carbocycles. The lowest BCUT2D eigenvalue weighted by atomic mass is 10.1. The van der Waals surface area contributed by atoms with Gasteiger partial charge in [0.25, 0.3) is 0 Å². The lowest BCUT2D eigenvalue weighted by Gasteiger charge is -2.37. The van der Waals surface area contributed by atoms with Gasteiger partial charge in [-0.15, -0.1) is 0 Å². The number of halogens is 1. The highest BCUT2D eigenvalue weighted by molar-refractivity contribution is 7.89. The second-order valence-corrected chi connectivity index (χ2v) is 11.1. The molecule has 0 aromatic heterocycles. The van der Waals surface area contributed by atoms with Crippen LogP contribution in [0, 0.1) is 0 Å². The Hall–Kier alpha value is -1.97. The minimum atomic E-state index is -3.45. The van der Waals surface area contributed by atoms with Gasteiger partial charge < -0.3 is 5.32 Å². The minimum Gasteiger partial charge on any atom is -0.325 e. The zero-order chi connectivity index (χ0) is 23.4. The monoisotopic (exact) mass is 490 g/mol. The largest absolute Gasteiger partial charge is 0.325 e. The maximum absolute atomic E-state index is 12.8. The van der Waals surface area contributed by atoms with E-state index in [-0.39, 0.29) is 16.8 Å². The third kappa shape index (κ3) is 5.94. The summed E-state index contributed by atoms with van der Waals surface area (Å²) in [6.07, 6.45) is 1.81. The van der Waals surface area contributed by atoms with Crippen LogP contribution in [0.3, 0.4) is 0 Å². The number of carbonyl (C=O) groups is 1.